The highest BCUT2D eigenvalue weighted by atomic mass is 35.5. The van der Waals surface area contributed by atoms with Crippen LogP contribution in [-0.4, -0.2) is 14.7 Å². The number of nitro benzene ring substituents is 1. The van der Waals surface area contributed by atoms with Gasteiger partial charge in [-0.1, -0.05) is 11.6 Å². The van der Waals surface area contributed by atoms with E-state index in [2.05, 4.69) is 5.10 Å². The molecule has 0 fully saturated rings. The van der Waals surface area contributed by atoms with Crippen molar-refractivity contribution in [1.29, 1.82) is 0 Å². The van der Waals surface area contributed by atoms with E-state index in [1.807, 2.05) is 6.92 Å². The summed E-state index contributed by atoms with van der Waals surface area (Å²) in [6.45, 7) is 1.91. The van der Waals surface area contributed by atoms with Gasteiger partial charge in [0.15, 0.2) is 0 Å². The molecule has 0 N–H and O–H groups in total. The summed E-state index contributed by atoms with van der Waals surface area (Å²) in [5.41, 5.74) is 1.99. The molecule has 100 valence electrons. The Labute approximate surface area is 119 Å². The first-order valence-corrected chi connectivity index (χ1v) is 6.90. The Bertz CT molecular complexity index is 610. The summed E-state index contributed by atoms with van der Waals surface area (Å²) in [5.74, 6) is 0.691. The van der Waals surface area contributed by atoms with E-state index in [4.69, 9.17) is 11.6 Å². The fraction of sp³-hybridized carbons (Fsp3) is 0.250. The molecule has 0 atom stereocenters. The van der Waals surface area contributed by atoms with E-state index in [0.717, 1.165) is 16.2 Å². The van der Waals surface area contributed by atoms with E-state index in [9.17, 15) is 10.1 Å². The number of hydrogen-bond donors (Lipinski definition) is 0. The van der Waals surface area contributed by atoms with E-state index >= 15 is 0 Å². The number of benzene rings is 1. The quantitative estimate of drug-likeness (QED) is 0.491. The molecule has 1 aromatic carbocycles. The molecular weight excluding hydrogens is 286 g/mol. The van der Waals surface area contributed by atoms with E-state index in [0.29, 0.717) is 10.9 Å². The topological polar surface area (TPSA) is 61.0 Å². The van der Waals surface area contributed by atoms with Gasteiger partial charge in [0.25, 0.3) is 5.69 Å². The Morgan fingerprint density at radius 1 is 1.42 bits per heavy atom. The number of thioether (sulfide) groups is 1. The Morgan fingerprint density at radius 3 is 2.53 bits per heavy atom. The number of nitrogens with zero attached hydrogens (tertiary/aromatic N) is 3. The molecule has 0 radical (unpaired) electrons. The SMILES string of the molecule is Cc1nn(C)c(Cl)c1CSc1ccc([N+](=O)[O-])cc1. The van der Waals surface area contributed by atoms with Crippen molar-refractivity contribution in [3.63, 3.8) is 0 Å². The molecule has 0 unspecified atom stereocenters. The number of nitro groups is 1. The van der Waals surface area contributed by atoms with Crippen molar-refractivity contribution < 1.29 is 4.92 Å². The Balaban J connectivity index is 2.08. The van der Waals surface area contributed by atoms with Gasteiger partial charge in [-0.05, 0) is 19.1 Å². The second-order valence-electron chi connectivity index (χ2n) is 4.02. The third-order valence-electron chi connectivity index (χ3n) is 2.70. The van der Waals surface area contributed by atoms with Crippen molar-refractivity contribution in [2.24, 2.45) is 7.05 Å². The zero-order valence-electron chi connectivity index (χ0n) is 10.5. The van der Waals surface area contributed by atoms with Gasteiger partial charge in [0.1, 0.15) is 5.15 Å². The van der Waals surface area contributed by atoms with Crippen molar-refractivity contribution in [1.82, 2.24) is 9.78 Å². The molecular formula is C12H12ClN3O2S. The monoisotopic (exact) mass is 297 g/mol. The summed E-state index contributed by atoms with van der Waals surface area (Å²) < 4.78 is 1.64. The lowest BCUT2D eigenvalue weighted by Gasteiger charge is -2.01. The highest BCUT2D eigenvalue weighted by Crippen LogP contribution is 2.29. The maximum absolute atomic E-state index is 10.6. The van der Waals surface area contributed by atoms with Crippen LogP contribution in [0.15, 0.2) is 29.2 Å². The van der Waals surface area contributed by atoms with Gasteiger partial charge in [-0.2, -0.15) is 5.10 Å². The predicted molar refractivity (Wildman–Crippen MR) is 75.6 cm³/mol. The second-order valence-corrected chi connectivity index (χ2v) is 5.42. The van der Waals surface area contributed by atoms with Crippen LogP contribution in [0.25, 0.3) is 0 Å². The molecule has 0 spiro atoms. The molecule has 0 aliphatic carbocycles. The Morgan fingerprint density at radius 2 is 2.05 bits per heavy atom. The summed E-state index contributed by atoms with van der Waals surface area (Å²) in [6.07, 6.45) is 0. The van der Waals surface area contributed by atoms with Crippen LogP contribution in [0.3, 0.4) is 0 Å². The number of aromatic nitrogens is 2. The zero-order valence-corrected chi connectivity index (χ0v) is 12.0. The first-order valence-electron chi connectivity index (χ1n) is 5.54. The molecule has 1 aromatic heterocycles. The minimum absolute atomic E-state index is 0.0972. The second kappa shape index (κ2) is 5.63. The van der Waals surface area contributed by atoms with Crippen molar-refractivity contribution in [3.05, 3.63) is 50.8 Å². The van der Waals surface area contributed by atoms with Crippen molar-refractivity contribution in [2.75, 3.05) is 0 Å². The summed E-state index contributed by atoms with van der Waals surface area (Å²) in [7, 11) is 1.80. The van der Waals surface area contributed by atoms with Crippen LogP contribution in [0, 0.1) is 17.0 Å². The summed E-state index contributed by atoms with van der Waals surface area (Å²) in [6, 6.07) is 6.48. The fourth-order valence-electron chi connectivity index (χ4n) is 1.66. The average molecular weight is 298 g/mol. The van der Waals surface area contributed by atoms with Gasteiger partial charge in [-0.3, -0.25) is 14.8 Å². The van der Waals surface area contributed by atoms with Gasteiger partial charge >= 0.3 is 0 Å². The van der Waals surface area contributed by atoms with Crippen LogP contribution in [0.5, 0.6) is 0 Å². The van der Waals surface area contributed by atoms with Gasteiger partial charge in [0.2, 0.25) is 0 Å². The molecule has 7 heteroatoms. The standard InChI is InChI=1S/C12H12ClN3O2S/c1-8-11(12(13)15(2)14-8)7-19-10-5-3-9(4-6-10)16(17)18/h3-6H,7H2,1-2H3. The maximum atomic E-state index is 10.6. The van der Waals surface area contributed by atoms with Gasteiger partial charge in [0.05, 0.1) is 10.6 Å². The maximum Gasteiger partial charge on any atom is 0.269 e. The van der Waals surface area contributed by atoms with Crippen LogP contribution in [0.1, 0.15) is 11.3 Å². The minimum Gasteiger partial charge on any atom is -0.258 e. The molecule has 0 saturated carbocycles. The molecule has 0 bridgehead atoms. The van der Waals surface area contributed by atoms with Crippen LogP contribution in [0.4, 0.5) is 5.69 Å². The van der Waals surface area contributed by atoms with Crippen LogP contribution < -0.4 is 0 Å². The Hall–Kier alpha value is -1.53. The van der Waals surface area contributed by atoms with E-state index in [1.54, 1.807) is 35.6 Å². The summed E-state index contributed by atoms with van der Waals surface area (Å²) >= 11 is 7.72. The molecule has 5 nitrogen and oxygen atoms in total. The lowest BCUT2D eigenvalue weighted by molar-refractivity contribution is -0.384. The third-order valence-corrected chi connectivity index (χ3v) is 4.21. The lowest BCUT2D eigenvalue weighted by Crippen LogP contribution is -1.89. The van der Waals surface area contributed by atoms with Crippen LogP contribution in [0.2, 0.25) is 5.15 Å². The lowest BCUT2D eigenvalue weighted by atomic mass is 10.3. The highest BCUT2D eigenvalue weighted by molar-refractivity contribution is 7.98. The number of aryl methyl sites for hydroxylation is 2. The minimum atomic E-state index is -0.406. The van der Waals surface area contributed by atoms with E-state index in [-0.39, 0.29) is 5.69 Å². The van der Waals surface area contributed by atoms with E-state index < -0.39 is 4.92 Å². The molecule has 2 aromatic rings. The molecule has 19 heavy (non-hydrogen) atoms. The van der Waals surface area contributed by atoms with Gasteiger partial charge < -0.3 is 0 Å². The number of halogens is 1. The van der Waals surface area contributed by atoms with Gasteiger partial charge in [-0.25, -0.2) is 0 Å². The largest absolute Gasteiger partial charge is 0.269 e. The smallest absolute Gasteiger partial charge is 0.258 e. The van der Waals surface area contributed by atoms with Crippen LogP contribution >= 0.6 is 23.4 Å². The molecule has 1 heterocycles. The summed E-state index contributed by atoms with van der Waals surface area (Å²) in [5, 5.41) is 15.4. The zero-order chi connectivity index (χ0) is 14.0. The molecule has 0 saturated heterocycles. The molecule has 2 rings (SSSR count). The van der Waals surface area contributed by atoms with E-state index in [1.165, 1.54) is 12.1 Å². The molecule has 0 amide bonds. The molecule has 0 aliphatic rings. The fourth-order valence-corrected chi connectivity index (χ4v) is 2.96. The van der Waals surface area contributed by atoms with Gasteiger partial charge in [0, 0.05) is 35.4 Å². The third kappa shape index (κ3) is 3.08. The number of hydrogen-bond acceptors (Lipinski definition) is 4. The van der Waals surface area contributed by atoms with Gasteiger partial charge in [-0.15, -0.1) is 11.8 Å². The first kappa shape index (κ1) is 13.9. The number of non-ortho nitro benzene ring substituents is 1. The van der Waals surface area contributed by atoms with Crippen LogP contribution in [-0.2, 0) is 12.8 Å². The highest BCUT2D eigenvalue weighted by Gasteiger charge is 2.11. The molecule has 0 aliphatic heterocycles. The van der Waals surface area contributed by atoms with Crippen molar-refractivity contribution in [3.8, 4) is 0 Å². The number of rotatable bonds is 4. The normalized spacial score (nSPS) is 10.7. The van der Waals surface area contributed by atoms with Crippen molar-refractivity contribution in [2.45, 2.75) is 17.6 Å². The first-order chi connectivity index (χ1) is 8.99. The van der Waals surface area contributed by atoms with Crippen molar-refractivity contribution >= 4 is 29.1 Å². The predicted octanol–water partition coefficient (Wildman–Crippen LogP) is 3.58. The Kier molecular flexibility index (Phi) is 4.11. The summed E-state index contributed by atoms with van der Waals surface area (Å²) in [4.78, 5) is 11.1. The average Bonchev–Trinajstić information content (AvgIpc) is 2.62.